The van der Waals surface area contributed by atoms with Gasteiger partial charge in [0.25, 0.3) is 0 Å². The van der Waals surface area contributed by atoms with E-state index in [9.17, 15) is 9.59 Å². The average Bonchev–Trinajstić information content (AvgIpc) is 2.60. The minimum Gasteiger partial charge on any atom is -0.486 e. The maximum absolute atomic E-state index is 12.7. The van der Waals surface area contributed by atoms with Gasteiger partial charge >= 0.3 is 6.03 Å². The van der Waals surface area contributed by atoms with Crippen molar-refractivity contribution in [1.82, 2.24) is 9.80 Å². The standard InChI is InChI=1S/C20H28N2O3/c1-5-21(6-2)19(24)22-11-9-20(10-12-22)13-17(23)16-8-7-14(3)15(4)18(16)25-20/h7-8H,5-6,9-13H2,1-4H3. The number of hydrogen-bond acceptors (Lipinski definition) is 3. The molecule has 0 unspecified atom stereocenters. The summed E-state index contributed by atoms with van der Waals surface area (Å²) in [4.78, 5) is 28.9. The van der Waals surface area contributed by atoms with Crippen LogP contribution < -0.4 is 4.74 Å². The van der Waals surface area contributed by atoms with E-state index in [1.54, 1.807) is 0 Å². The first kappa shape index (κ1) is 17.8. The van der Waals surface area contributed by atoms with Crippen molar-refractivity contribution in [3.8, 4) is 5.75 Å². The number of nitrogens with zero attached hydrogens (tertiary/aromatic N) is 2. The normalized spacial score (nSPS) is 18.7. The molecule has 0 bridgehead atoms. The Morgan fingerprint density at radius 2 is 1.84 bits per heavy atom. The van der Waals surface area contributed by atoms with Crippen molar-refractivity contribution in [3.05, 3.63) is 28.8 Å². The van der Waals surface area contributed by atoms with Crippen LogP contribution in [-0.2, 0) is 0 Å². The van der Waals surface area contributed by atoms with Gasteiger partial charge in [-0.1, -0.05) is 6.07 Å². The highest BCUT2D eigenvalue weighted by atomic mass is 16.5. The molecule has 3 rings (SSSR count). The van der Waals surface area contributed by atoms with Crippen molar-refractivity contribution in [2.24, 2.45) is 0 Å². The van der Waals surface area contributed by atoms with E-state index in [1.807, 2.05) is 49.6 Å². The maximum Gasteiger partial charge on any atom is 0.319 e. The maximum atomic E-state index is 12.7. The monoisotopic (exact) mass is 344 g/mol. The molecule has 136 valence electrons. The van der Waals surface area contributed by atoms with E-state index in [2.05, 4.69) is 0 Å². The fourth-order valence-electron chi connectivity index (χ4n) is 3.86. The number of ketones is 1. The van der Waals surface area contributed by atoms with Gasteiger partial charge in [0, 0.05) is 39.0 Å². The van der Waals surface area contributed by atoms with Crippen molar-refractivity contribution in [2.75, 3.05) is 26.2 Å². The Hall–Kier alpha value is -2.04. The van der Waals surface area contributed by atoms with Crippen molar-refractivity contribution >= 4 is 11.8 Å². The first-order chi connectivity index (χ1) is 11.9. The second kappa shape index (κ2) is 6.70. The Bertz CT molecular complexity index is 686. The molecule has 25 heavy (non-hydrogen) atoms. The summed E-state index contributed by atoms with van der Waals surface area (Å²) in [5.74, 6) is 0.910. The Kier molecular flexibility index (Phi) is 4.76. The third-order valence-corrected chi connectivity index (χ3v) is 5.76. The van der Waals surface area contributed by atoms with Gasteiger partial charge in [0.15, 0.2) is 5.78 Å². The molecule has 2 amide bonds. The number of benzene rings is 1. The second-order valence-corrected chi connectivity index (χ2v) is 7.21. The van der Waals surface area contributed by atoms with Crippen LogP contribution >= 0.6 is 0 Å². The Morgan fingerprint density at radius 3 is 2.44 bits per heavy atom. The van der Waals surface area contributed by atoms with E-state index >= 15 is 0 Å². The average molecular weight is 344 g/mol. The molecular weight excluding hydrogens is 316 g/mol. The number of likely N-dealkylation sites (tertiary alicyclic amines) is 1. The van der Waals surface area contributed by atoms with Crippen LogP contribution in [0.25, 0.3) is 0 Å². The van der Waals surface area contributed by atoms with Crippen LogP contribution in [0.15, 0.2) is 12.1 Å². The first-order valence-corrected chi connectivity index (χ1v) is 9.27. The van der Waals surface area contributed by atoms with Gasteiger partial charge < -0.3 is 14.5 Å². The molecule has 0 N–H and O–H groups in total. The number of rotatable bonds is 2. The second-order valence-electron chi connectivity index (χ2n) is 7.21. The van der Waals surface area contributed by atoms with Crippen LogP contribution in [0.5, 0.6) is 5.75 Å². The van der Waals surface area contributed by atoms with Gasteiger partial charge in [0.2, 0.25) is 0 Å². The molecule has 0 aliphatic carbocycles. The molecule has 1 aromatic carbocycles. The van der Waals surface area contributed by atoms with Gasteiger partial charge in [-0.2, -0.15) is 0 Å². The lowest BCUT2D eigenvalue weighted by Crippen LogP contribution is -2.54. The molecule has 0 saturated carbocycles. The fourth-order valence-corrected chi connectivity index (χ4v) is 3.86. The van der Waals surface area contributed by atoms with Gasteiger partial charge in [-0.05, 0) is 44.9 Å². The predicted molar refractivity (Wildman–Crippen MR) is 97.3 cm³/mol. The van der Waals surface area contributed by atoms with E-state index in [0.717, 1.165) is 30.0 Å². The summed E-state index contributed by atoms with van der Waals surface area (Å²) in [6.07, 6.45) is 1.83. The summed E-state index contributed by atoms with van der Waals surface area (Å²) >= 11 is 0. The van der Waals surface area contributed by atoms with Gasteiger partial charge in [0.1, 0.15) is 11.4 Å². The van der Waals surface area contributed by atoms with Gasteiger partial charge in [-0.3, -0.25) is 4.79 Å². The van der Waals surface area contributed by atoms with Crippen molar-refractivity contribution in [3.63, 3.8) is 0 Å². The number of carbonyl (C=O) groups is 2. The summed E-state index contributed by atoms with van der Waals surface area (Å²) in [6.45, 7) is 10.8. The zero-order chi connectivity index (χ0) is 18.2. The molecular formula is C20H28N2O3. The number of fused-ring (bicyclic) bond motifs is 1. The smallest absolute Gasteiger partial charge is 0.319 e. The number of amides is 2. The van der Waals surface area contributed by atoms with E-state index in [4.69, 9.17) is 4.74 Å². The molecule has 0 aromatic heterocycles. The quantitative estimate of drug-likeness (QED) is 0.824. The van der Waals surface area contributed by atoms with Crippen LogP contribution in [-0.4, -0.2) is 53.4 Å². The third kappa shape index (κ3) is 3.12. The minimum atomic E-state index is -0.456. The first-order valence-electron chi connectivity index (χ1n) is 9.27. The van der Waals surface area contributed by atoms with Gasteiger partial charge in [-0.25, -0.2) is 4.79 Å². The number of Topliss-reactive ketones (excluding diaryl/α,β-unsaturated/α-hetero) is 1. The highest BCUT2D eigenvalue weighted by molar-refractivity contribution is 6.01. The molecule has 1 spiro atoms. The predicted octanol–water partition coefficient (Wildman–Crippen LogP) is 3.57. The third-order valence-electron chi connectivity index (χ3n) is 5.76. The van der Waals surface area contributed by atoms with E-state index < -0.39 is 5.60 Å². The number of ether oxygens (including phenoxy) is 1. The summed E-state index contributed by atoms with van der Waals surface area (Å²) in [5.41, 5.74) is 2.43. The van der Waals surface area contributed by atoms with Crippen molar-refractivity contribution < 1.29 is 14.3 Å². The lowest BCUT2D eigenvalue weighted by Gasteiger charge is -2.45. The Morgan fingerprint density at radius 1 is 1.20 bits per heavy atom. The molecule has 1 aromatic rings. The molecule has 1 fully saturated rings. The summed E-state index contributed by atoms with van der Waals surface area (Å²) in [6, 6.07) is 3.96. The minimum absolute atomic E-state index is 0.0920. The lowest BCUT2D eigenvalue weighted by molar-refractivity contribution is -0.00403. The number of aryl methyl sites for hydroxylation is 1. The van der Waals surface area contributed by atoms with Crippen LogP contribution in [0.4, 0.5) is 4.79 Å². The lowest BCUT2D eigenvalue weighted by atomic mass is 9.81. The molecule has 0 atom stereocenters. The zero-order valence-corrected chi connectivity index (χ0v) is 15.7. The van der Waals surface area contributed by atoms with Crippen LogP contribution in [0, 0.1) is 13.8 Å². The summed E-state index contributed by atoms with van der Waals surface area (Å²) in [7, 11) is 0. The van der Waals surface area contributed by atoms with Crippen LogP contribution in [0.2, 0.25) is 0 Å². The zero-order valence-electron chi connectivity index (χ0n) is 15.7. The molecule has 1 saturated heterocycles. The highest BCUT2D eigenvalue weighted by Gasteiger charge is 2.44. The number of urea groups is 1. The highest BCUT2D eigenvalue weighted by Crippen LogP contribution is 2.41. The summed E-state index contributed by atoms with van der Waals surface area (Å²) in [5, 5.41) is 0. The molecule has 2 heterocycles. The SMILES string of the molecule is CCN(CC)C(=O)N1CCC2(CC1)CC(=O)c1ccc(C)c(C)c1O2. The molecule has 5 nitrogen and oxygen atoms in total. The number of carbonyl (C=O) groups excluding carboxylic acids is 2. The number of piperidine rings is 1. The van der Waals surface area contributed by atoms with Crippen molar-refractivity contribution in [2.45, 2.75) is 52.6 Å². The topological polar surface area (TPSA) is 49.9 Å². The van der Waals surface area contributed by atoms with E-state index in [1.165, 1.54) is 0 Å². The Labute approximate surface area is 149 Å². The number of hydrogen-bond donors (Lipinski definition) is 0. The molecule has 0 radical (unpaired) electrons. The Balaban J connectivity index is 1.77. The van der Waals surface area contributed by atoms with E-state index in [0.29, 0.717) is 37.9 Å². The molecule has 5 heteroatoms. The van der Waals surface area contributed by atoms with E-state index in [-0.39, 0.29) is 11.8 Å². The summed E-state index contributed by atoms with van der Waals surface area (Å²) < 4.78 is 6.41. The van der Waals surface area contributed by atoms with Gasteiger partial charge in [-0.15, -0.1) is 0 Å². The van der Waals surface area contributed by atoms with Gasteiger partial charge in [0.05, 0.1) is 12.0 Å². The van der Waals surface area contributed by atoms with Crippen LogP contribution in [0.1, 0.15) is 54.6 Å². The largest absolute Gasteiger partial charge is 0.486 e. The van der Waals surface area contributed by atoms with Crippen molar-refractivity contribution in [1.29, 1.82) is 0 Å². The van der Waals surface area contributed by atoms with Crippen LogP contribution in [0.3, 0.4) is 0 Å². The fraction of sp³-hybridized carbons (Fsp3) is 0.600. The molecule has 2 aliphatic rings. The molecule has 2 aliphatic heterocycles.